The van der Waals surface area contributed by atoms with Crippen molar-refractivity contribution in [3.05, 3.63) is 52.5 Å². The van der Waals surface area contributed by atoms with Crippen LogP contribution in [0.15, 0.2) is 41.3 Å². The molecular formula is C20H22ClF3N2O4S. The van der Waals surface area contributed by atoms with E-state index in [2.05, 4.69) is 10.0 Å². The summed E-state index contributed by atoms with van der Waals surface area (Å²) in [6.45, 7) is 5.05. The van der Waals surface area contributed by atoms with Crippen molar-refractivity contribution in [2.75, 3.05) is 12.4 Å². The van der Waals surface area contributed by atoms with E-state index in [1.807, 2.05) is 13.8 Å². The summed E-state index contributed by atoms with van der Waals surface area (Å²) in [6.07, 6.45) is -4.71. The van der Waals surface area contributed by atoms with Crippen LogP contribution in [0.5, 0.6) is 5.75 Å². The molecule has 0 saturated carbocycles. The number of anilines is 1. The van der Waals surface area contributed by atoms with Gasteiger partial charge in [0.2, 0.25) is 15.9 Å². The molecule has 0 bridgehead atoms. The second-order valence-corrected chi connectivity index (χ2v) is 9.18. The van der Waals surface area contributed by atoms with E-state index in [4.69, 9.17) is 16.3 Å². The molecule has 0 spiro atoms. The molecule has 0 radical (unpaired) electrons. The molecule has 0 fully saturated rings. The lowest BCUT2D eigenvalue weighted by Gasteiger charge is -2.18. The lowest BCUT2D eigenvalue weighted by molar-refractivity contribution is -0.137. The minimum Gasteiger partial charge on any atom is -0.495 e. The molecule has 0 heterocycles. The van der Waals surface area contributed by atoms with E-state index in [-0.39, 0.29) is 22.3 Å². The van der Waals surface area contributed by atoms with Crippen molar-refractivity contribution < 1.29 is 31.1 Å². The predicted molar refractivity (Wildman–Crippen MR) is 112 cm³/mol. The summed E-state index contributed by atoms with van der Waals surface area (Å²) in [5.74, 6) is -0.705. The number of hydrogen-bond acceptors (Lipinski definition) is 4. The number of carbonyl (C=O) groups is 1. The van der Waals surface area contributed by atoms with Crippen molar-refractivity contribution in [3.8, 4) is 5.75 Å². The van der Waals surface area contributed by atoms with Gasteiger partial charge in [0.05, 0.1) is 23.7 Å². The number of alkyl halides is 3. The molecule has 2 N–H and O–H groups in total. The van der Waals surface area contributed by atoms with Crippen molar-refractivity contribution in [3.63, 3.8) is 0 Å². The van der Waals surface area contributed by atoms with Gasteiger partial charge in [-0.25, -0.2) is 8.42 Å². The molecule has 1 amide bonds. The number of benzene rings is 2. The number of rotatable bonds is 7. The third-order valence-electron chi connectivity index (χ3n) is 4.41. The summed E-state index contributed by atoms with van der Waals surface area (Å²) in [5.41, 5.74) is -0.540. The van der Waals surface area contributed by atoms with Crippen LogP contribution in [-0.2, 0) is 21.0 Å². The first-order valence-corrected chi connectivity index (χ1v) is 11.0. The number of carbonyl (C=O) groups excluding carboxylic acids is 1. The quantitative estimate of drug-likeness (QED) is 0.599. The fourth-order valence-corrected chi connectivity index (χ4v) is 4.31. The molecule has 31 heavy (non-hydrogen) atoms. The molecule has 1 atom stereocenters. The number of methoxy groups -OCH3 is 1. The third-order valence-corrected chi connectivity index (χ3v) is 6.30. The van der Waals surface area contributed by atoms with Gasteiger partial charge < -0.3 is 10.1 Å². The van der Waals surface area contributed by atoms with Crippen LogP contribution in [0.2, 0.25) is 5.02 Å². The summed E-state index contributed by atoms with van der Waals surface area (Å²) < 4.78 is 72.0. The fourth-order valence-electron chi connectivity index (χ4n) is 2.68. The van der Waals surface area contributed by atoms with Crippen molar-refractivity contribution in [2.24, 2.45) is 0 Å². The van der Waals surface area contributed by atoms with Gasteiger partial charge in [-0.3, -0.25) is 4.79 Å². The molecule has 0 saturated heterocycles. The van der Waals surface area contributed by atoms with Gasteiger partial charge in [0, 0.05) is 5.69 Å². The highest BCUT2D eigenvalue weighted by atomic mass is 35.5. The number of amides is 1. The summed E-state index contributed by atoms with van der Waals surface area (Å²) in [7, 11) is -2.85. The third kappa shape index (κ3) is 6.11. The van der Waals surface area contributed by atoms with E-state index >= 15 is 0 Å². The van der Waals surface area contributed by atoms with Crippen molar-refractivity contribution in [1.82, 2.24) is 4.72 Å². The average Bonchev–Trinajstić information content (AvgIpc) is 2.67. The molecule has 0 aliphatic carbocycles. The Morgan fingerprint density at radius 2 is 1.74 bits per heavy atom. The molecule has 170 valence electrons. The van der Waals surface area contributed by atoms with Gasteiger partial charge in [0.25, 0.3) is 0 Å². The summed E-state index contributed by atoms with van der Waals surface area (Å²) in [6, 6.07) is 6.27. The van der Waals surface area contributed by atoms with E-state index in [9.17, 15) is 26.4 Å². The van der Waals surface area contributed by atoms with Crippen molar-refractivity contribution >= 4 is 33.2 Å². The molecule has 0 aliphatic rings. The fraction of sp³-hybridized carbons (Fsp3) is 0.350. The monoisotopic (exact) mass is 478 g/mol. The maximum Gasteiger partial charge on any atom is 0.417 e. The van der Waals surface area contributed by atoms with Gasteiger partial charge in [-0.2, -0.15) is 17.9 Å². The van der Waals surface area contributed by atoms with Gasteiger partial charge in [-0.1, -0.05) is 31.5 Å². The Balaban J connectivity index is 2.24. The second kappa shape index (κ2) is 9.46. The standard InChI is InChI=1S/C20H22ClF3N2O4S/c1-11(2)13-5-8-17(30-4)18(9-13)31(28,29)26-12(3)19(27)25-14-6-7-16(21)15(10-14)20(22,23)24/h5-12,26H,1-4H3,(H,25,27). The number of ether oxygens (including phenoxy) is 1. The average molecular weight is 479 g/mol. The second-order valence-electron chi connectivity index (χ2n) is 7.09. The Morgan fingerprint density at radius 1 is 1.10 bits per heavy atom. The van der Waals surface area contributed by atoms with Crippen molar-refractivity contribution in [1.29, 1.82) is 0 Å². The smallest absolute Gasteiger partial charge is 0.417 e. The summed E-state index contributed by atoms with van der Waals surface area (Å²) in [5, 5.41) is 1.74. The van der Waals surface area contributed by atoms with Gasteiger partial charge in [0.1, 0.15) is 10.6 Å². The number of sulfonamides is 1. The molecule has 2 rings (SSSR count). The zero-order valence-electron chi connectivity index (χ0n) is 17.2. The lowest BCUT2D eigenvalue weighted by Crippen LogP contribution is -2.41. The van der Waals surface area contributed by atoms with Crippen LogP contribution in [0.3, 0.4) is 0 Å². The molecule has 2 aromatic rings. The first kappa shape index (κ1) is 25.0. The molecule has 6 nitrogen and oxygen atoms in total. The van der Waals surface area contributed by atoms with Crippen LogP contribution in [0, 0.1) is 0 Å². The van der Waals surface area contributed by atoms with E-state index in [1.165, 1.54) is 32.2 Å². The summed E-state index contributed by atoms with van der Waals surface area (Å²) >= 11 is 5.56. The van der Waals surface area contributed by atoms with Crippen LogP contribution in [0.25, 0.3) is 0 Å². The lowest BCUT2D eigenvalue weighted by atomic mass is 10.0. The first-order valence-electron chi connectivity index (χ1n) is 9.14. The SMILES string of the molecule is COc1ccc(C(C)C)cc1S(=O)(=O)NC(C)C(=O)Nc1ccc(Cl)c(C(F)(F)F)c1. The van der Waals surface area contributed by atoms with Gasteiger partial charge >= 0.3 is 6.18 Å². The minimum atomic E-state index is -4.71. The molecule has 2 aromatic carbocycles. The topological polar surface area (TPSA) is 84.5 Å². The van der Waals surface area contributed by atoms with Gasteiger partial charge in [-0.15, -0.1) is 0 Å². The van der Waals surface area contributed by atoms with Crippen LogP contribution in [-0.4, -0.2) is 27.5 Å². The highest BCUT2D eigenvalue weighted by Crippen LogP contribution is 2.36. The zero-order valence-corrected chi connectivity index (χ0v) is 18.7. The van der Waals surface area contributed by atoms with E-state index in [0.717, 1.165) is 11.6 Å². The first-order chi connectivity index (χ1) is 14.3. The van der Waals surface area contributed by atoms with Crippen molar-refractivity contribution in [2.45, 2.75) is 43.8 Å². The van der Waals surface area contributed by atoms with Crippen LogP contribution in [0.1, 0.15) is 37.8 Å². The van der Waals surface area contributed by atoms with E-state index in [0.29, 0.717) is 6.07 Å². The maximum absolute atomic E-state index is 13.0. The molecule has 1 unspecified atom stereocenters. The van der Waals surface area contributed by atoms with Crippen LogP contribution >= 0.6 is 11.6 Å². The zero-order chi connectivity index (χ0) is 23.6. The highest BCUT2D eigenvalue weighted by Gasteiger charge is 2.33. The summed E-state index contributed by atoms with van der Waals surface area (Å²) in [4.78, 5) is 12.3. The Bertz CT molecular complexity index is 1070. The minimum absolute atomic E-state index is 0.0494. The van der Waals surface area contributed by atoms with Crippen LogP contribution in [0.4, 0.5) is 18.9 Å². The number of halogens is 4. The molecule has 11 heteroatoms. The maximum atomic E-state index is 13.0. The molecule has 0 aromatic heterocycles. The Kier molecular flexibility index (Phi) is 7.61. The highest BCUT2D eigenvalue weighted by molar-refractivity contribution is 7.89. The Labute approximate surface area is 183 Å². The number of hydrogen-bond donors (Lipinski definition) is 2. The normalized spacial score (nSPS) is 13.2. The largest absolute Gasteiger partial charge is 0.495 e. The van der Waals surface area contributed by atoms with E-state index < -0.39 is 38.7 Å². The predicted octanol–water partition coefficient (Wildman–Crippen LogP) is 4.80. The Hall–Kier alpha value is -2.30. The van der Waals surface area contributed by atoms with Crippen LogP contribution < -0.4 is 14.8 Å². The van der Waals surface area contributed by atoms with Gasteiger partial charge in [0.15, 0.2) is 0 Å². The Morgan fingerprint density at radius 3 is 2.29 bits per heavy atom. The van der Waals surface area contributed by atoms with Gasteiger partial charge in [-0.05, 0) is 48.7 Å². The number of nitrogens with one attached hydrogen (secondary N) is 2. The van der Waals surface area contributed by atoms with E-state index in [1.54, 1.807) is 6.07 Å². The molecule has 0 aliphatic heterocycles. The molecular weight excluding hydrogens is 457 g/mol.